The summed E-state index contributed by atoms with van der Waals surface area (Å²) >= 11 is 0. The Balaban J connectivity index is 1.97. The van der Waals surface area contributed by atoms with E-state index in [1.54, 1.807) is 12.1 Å². The predicted molar refractivity (Wildman–Crippen MR) is 51.0 cm³/mol. The second-order valence-electron chi connectivity index (χ2n) is 3.52. The summed E-state index contributed by atoms with van der Waals surface area (Å²) in [6.07, 6.45) is 5.29. The maximum absolute atomic E-state index is 9.06. The van der Waals surface area contributed by atoms with Crippen molar-refractivity contribution in [1.82, 2.24) is 0 Å². The van der Waals surface area contributed by atoms with Crippen LogP contribution in [0, 0.1) is 0 Å². The van der Waals surface area contributed by atoms with E-state index in [-0.39, 0.29) is 0 Å². The SMILES string of the molecule is Oc1ccc(OC2CCCC2)cc1. The van der Waals surface area contributed by atoms with Crippen molar-refractivity contribution >= 4 is 0 Å². The highest BCUT2D eigenvalue weighted by atomic mass is 16.5. The van der Waals surface area contributed by atoms with Gasteiger partial charge in [0.05, 0.1) is 6.10 Å². The molecule has 0 amide bonds. The van der Waals surface area contributed by atoms with E-state index in [1.807, 2.05) is 12.1 Å². The van der Waals surface area contributed by atoms with Gasteiger partial charge in [-0.3, -0.25) is 0 Å². The van der Waals surface area contributed by atoms with E-state index in [2.05, 4.69) is 0 Å². The minimum absolute atomic E-state index is 0.291. The molecule has 1 saturated carbocycles. The number of phenols is 1. The lowest BCUT2D eigenvalue weighted by Crippen LogP contribution is -2.10. The van der Waals surface area contributed by atoms with Crippen LogP contribution in [-0.2, 0) is 0 Å². The zero-order chi connectivity index (χ0) is 9.10. The van der Waals surface area contributed by atoms with Crippen LogP contribution >= 0.6 is 0 Å². The van der Waals surface area contributed by atoms with E-state index >= 15 is 0 Å². The Kier molecular flexibility index (Phi) is 2.39. The number of benzene rings is 1. The van der Waals surface area contributed by atoms with Gasteiger partial charge in [-0.15, -0.1) is 0 Å². The highest BCUT2D eigenvalue weighted by molar-refractivity contribution is 5.30. The first-order valence-corrected chi connectivity index (χ1v) is 4.80. The molecule has 13 heavy (non-hydrogen) atoms. The zero-order valence-electron chi connectivity index (χ0n) is 7.57. The second kappa shape index (κ2) is 3.69. The summed E-state index contributed by atoms with van der Waals surface area (Å²) in [5.41, 5.74) is 0. The van der Waals surface area contributed by atoms with Crippen molar-refractivity contribution in [2.75, 3.05) is 0 Å². The molecule has 1 aromatic carbocycles. The van der Waals surface area contributed by atoms with Gasteiger partial charge in [-0.2, -0.15) is 0 Å². The molecule has 1 aliphatic carbocycles. The van der Waals surface area contributed by atoms with Crippen molar-refractivity contribution in [2.45, 2.75) is 31.8 Å². The number of ether oxygens (including phenoxy) is 1. The van der Waals surface area contributed by atoms with Gasteiger partial charge in [0.1, 0.15) is 11.5 Å². The van der Waals surface area contributed by atoms with E-state index in [0.717, 1.165) is 5.75 Å². The number of hydrogen-bond donors (Lipinski definition) is 1. The summed E-state index contributed by atoms with van der Waals surface area (Å²) in [4.78, 5) is 0. The third-order valence-corrected chi connectivity index (χ3v) is 2.44. The van der Waals surface area contributed by atoms with E-state index in [9.17, 15) is 0 Å². The van der Waals surface area contributed by atoms with Crippen LogP contribution in [-0.4, -0.2) is 11.2 Å². The quantitative estimate of drug-likeness (QED) is 0.754. The number of aromatic hydroxyl groups is 1. The maximum atomic E-state index is 9.06. The molecular weight excluding hydrogens is 164 g/mol. The standard InChI is InChI=1S/C11H14O2/c12-9-5-7-11(8-6-9)13-10-3-1-2-4-10/h5-8,10,12H,1-4H2. The van der Waals surface area contributed by atoms with Crippen molar-refractivity contribution in [3.63, 3.8) is 0 Å². The molecule has 0 unspecified atom stereocenters. The fourth-order valence-corrected chi connectivity index (χ4v) is 1.72. The molecule has 0 radical (unpaired) electrons. The number of hydrogen-bond acceptors (Lipinski definition) is 2. The van der Waals surface area contributed by atoms with Crippen molar-refractivity contribution in [1.29, 1.82) is 0 Å². The highest BCUT2D eigenvalue weighted by Gasteiger charge is 2.15. The van der Waals surface area contributed by atoms with Crippen molar-refractivity contribution in [3.05, 3.63) is 24.3 Å². The van der Waals surface area contributed by atoms with E-state index in [4.69, 9.17) is 9.84 Å². The van der Waals surface area contributed by atoms with Crippen molar-refractivity contribution < 1.29 is 9.84 Å². The summed E-state index contributed by atoms with van der Waals surface area (Å²) in [6, 6.07) is 6.94. The van der Waals surface area contributed by atoms with Crippen LogP contribution in [0.3, 0.4) is 0 Å². The molecule has 2 rings (SSSR count). The molecule has 0 bridgehead atoms. The third-order valence-electron chi connectivity index (χ3n) is 2.44. The molecule has 1 fully saturated rings. The molecule has 2 heteroatoms. The molecule has 0 atom stereocenters. The summed E-state index contributed by atoms with van der Waals surface area (Å²) in [5, 5.41) is 9.06. The lowest BCUT2D eigenvalue weighted by atomic mass is 10.3. The first kappa shape index (κ1) is 8.42. The summed E-state index contributed by atoms with van der Waals surface area (Å²) in [6.45, 7) is 0. The lowest BCUT2D eigenvalue weighted by Gasteiger charge is -2.12. The Bertz CT molecular complexity index is 260. The van der Waals surface area contributed by atoms with Gasteiger partial charge in [-0.25, -0.2) is 0 Å². The third kappa shape index (κ3) is 2.14. The van der Waals surface area contributed by atoms with Gasteiger partial charge in [0.15, 0.2) is 0 Å². The van der Waals surface area contributed by atoms with Crippen molar-refractivity contribution in [3.8, 4) is 11.5 Å². The molecule has 1 aromatic rings. The summed E-state index contributed by atoms with van der Waals surface area (Å²) < 4.78 is 5.72. The number of phenolic OH excluding ortho intramolecular Hbond substituents is 1. The smallest absolute Gasteiger partial charge is 0.119 e. The summed E-state index contributed by atoms with van der Waals surface area (Å²) in [7, 11) is 0. The second-order valence-corrected chi connectivity index (χ2v) is 3.52. The molecule has 0 aliphatic heterocycles. The fourth-order valence-electron chi connectivity index (χ4n) is 1.72. The minimum atomic E-state index is 0.291. The molecule has 1 aliphatic rings. The van der Waals surface area contributed by atoms with Crippen LogP contribution < -0.4 is 4.74 Å². The molecule has 0 saturated heterocycles. The monoisotopic (exact) mass is 178 g/mol. The van der Waals surface area contributed by atoms with Crippen LogP contribution in [0.2, 0.25) is 0 Å². The largest absolute Gasteiger partial charge is 0.508 e. The molecule has 2 nitrogen and oxygen atoms in total. The normalized spacial score (nSPS) is 17.5. The van der Waals surface area contributed by atoms with Gasteiger partial charge in [0.25, 0.3) is 0 Å². The Labute approximate surface area is 78.2 Å². The van der Waals surface area contributed by atoms with Crippen LogP contribution in [0.25, 0.3) is 0 Å². The molecule has 70 valence electrons. The molecule has 0 aromatic heterocycles. The van der Waals surface area contributed by atoms with Gasteiger partial charge < -0.3 is 9.84 Å². The van der Waals surface area contributed by atoms with Gasteiger partial charge in [-0.1, -0.05) is 0 Å². The Morgan fingerprint density at radius 1 is 1.08 bits per heavy atom. The lowest BCUT2D eigenvalue weighted by molar-refractivity contribution is 0.210. The summed E-state index contributed by atoms with van der Waals surface area (Å²) in [5.74, 6) is 1.16. The van der Waals surface area contributed by atoms with E-state index < -0.39 is 0 Å². The molecule has 1 N–H and O–H groups in total. The molecular formula is C11H14O2. The Morgan fingerprint density at radius 3 is 2.31 bits per heavy atom. The van der Waals surface area contributed by atoms with Crippen LogP contribution in [0.4, 0.5) is 0 Å². The first-order chi connectivity index (χ1) is 6.34. The average molecular weight is 178 g/mol. The highest BCUT2D eigenvalue weighted by Crippen LogP contribution is 2.24. The fraction of sp³-hybridized carbons (Fsp3) is 0.455. The van der Waals surface area contributed by atoms with Gasteiger partial charge in [0.2, 0.25) is 0 Å². The van der Waals surface area contributed by atoms with Crippen molar-refractivity contribution in [2.24, 2.45) is 0 Å². The Morgan fingerprint density at radius 2 is 1.69 bits per heavy atom. The van der Waals surface area contributed by atoms with E-state index in [0.29, 0.717) is 11.9 Å². The topological polar surface area (TPSA) is 29.5 Å². The maximum Gasteiger partial charge on any atom is 0.119 e. The first-order valence-electron chi connectivity index (χ1n) is 4.80. The van der Waals surface area contributed by atoms with E-state index in [1.165, 1.54) is 25.7 Å². The van der Waals surface area contributed by atoms with Crippen LogP contribution in [0.5, 0.6) is 11.5 Å². The van der Waals surface area contributed by atoms with Crippen LogP contribution in [0.1, 0.15) is 25.7 Å². The predicted octanol–water partition coefficient (Wildman–Crippen LogP) is 2.71. The van der Waals surface area contributed by atoms with Gasteiger partial charge in [0, 0.05) is 0 Å². The minimum Gasteiger partial charge on any atom is -0.508 e. The van der Waals surface area contributed by atoms with Crippen LogP contribution in [0.15, 0.2) is 24.3 Å². The zero-order valence-corrected chi connectivity index (χ0v) is 7.57. The number of rotatable bonds is 2. The average Bonchev–Trinajstić information content (AvgIpc) is 2.62. The molecule has 0 spiro atoms. The Hall–Kier alpha value is -1.18. The van der Waals surface area contributed by atoms with Gasteiger partial charge in [-0.05, 0) is 49.9 Å². The van der Waals surface area contributed by atoms with Gasteiger partial charge >= 0.3 is 0 Å². The molecule has 0 heterocycles.